The van der Waals surface area contributed by atoms with Crippen LogP contribution in [-0.2, 0) is 4.79 Å². The van der Waals surface area contributed by atoms with Crippen molar-refractivity contribution in [1.29, 1.82) is 0 Å². The molecule has 0 spiro atoms. The Bertz CT molecular complexity index is 409. The third-order valence-electron chi connectivity index (χ3n) is 2.45. The second-order valence-electron chi connectivity index (χ2n) is 3.38. The van der Waals surface area contributed by atoms with Gasteiger partial charge in [0, 0.05) is 7.05 Å². The summed E-state index contributed by atoms with van der Waals surface area (Å²) in [7, 11) is 1.71. The zero-order chi connectivity index (χ0) is 11.0. The molecule has 1 aromatic heterocycles. The maximum absolute atomic E-state index is 11.8. The fourth-order valence-corrected chi connectivity index (χ4v) is 1.69. The molecule has 15 heavy (non-hydrogen) atoms. The molecule has 0 aromatic carbocycles. The van der Waals surface area contributed by atoms with Crippen molar-refractivity contribution >= 4 is 29.0 Å². The van der Waals surface area contributed by atoms with Gasteiger partial charge in [-0.1, -0.05) is 6.92 Å². The Morgan fingerprint density at radius 3 is 3.07 bits per heavy atom. The fraction of sp³-hybridized carbons (Fsp3) is 0.444. The number of hydrogen-bond donors (Lipinski definition) is 1. The van der Waals surface area contributed by atoms with Crippen molar-refractivity contribution in [2.24, 2.45) is 0 Å². The quantitative estimate of drug-likeness (QED) is 0.734. The van der Waals surface area contributed by atoms with Crippen LogP contribution in [0.4, 0.5) is 11.5 Å². The predicted molar refractivity (Wildman–Crippen MR) is 58.2 cm³/mol. The summed E-state index contributed by atoms with van der Waals surface area (Å²) >= 11 is 5.69. The van der Waals surface area contributed by atoms with Crippen LogP contribution in [0, 0.1) is 0 Å². The van der Waals surface area contributed by atoms with Crippen LogP contribution in [0.3, 0.4) is 0 Å². The second-order valence-corrected chi connectivity index (χ2v) is 3.71. The van der Waals surface area contributed by atoms with Crippen molar-refractivity contribution in [3.05, 3.63) is 11.5 Å². The van der Waals surface area contributed by atoms with Crippen molar-refractivity contribution in [1.82, 2.24) is 9.97 Å². The highest BCUT2D eigenvalue weighted by molar-refractivity contribution is 6.28. The number of aromatic nitrogens is 2. The minimum atomic E-state index is -0.228. The van der Waals surface area contributed by atoms with E-state index < -0.39 is 0 Å². The van der Waals surface area contributed by atoms with Gasteiger partial charge in [0.25, 0.3) is 0 Å². The lowest BCUT2D eigenvalue weighted by molar-refractivity contribution is -0.119. The summed E-state index contributed by atoms with van der Waals surface area (Å²) in [4.78, 5) is 21.2. The molecule has 2 heterocycles. The third-order valence-corrected chi connectivity index (χ3v) is 2.63. The number of fused-ring (bicyclic) bond motifs is 1. The normalized spacial score (nSPS) is 19.8. The molecule has 0 unspecified atom stereocenters. The van der Waals surface area contributed by atoms with Crippen LogP contribution in [0.15, 0.2) is 6.20 Å². The number of carbonyl (C=O) groups is 1. The highest BCUT2D eigenvalue weighted by Crippen LogP contribution is 2.29. The SMILES string of the molecule is CC[C@H]1Nc2nc(Cl)ncc2N(C)C1=O. The molecule has 0 fully saturated rings. The van der Waals surface area contributed by atoms with Crippen LogP contribution in [0.25, 0.3) is 0 Å². The molecule has 1 atom stereocenters. The maximum atomic E-state index is 11.8. The molecular weight excluding hydrogens is 216 g/mol. The summed E-state index contributed by atoms with van der Waals surface area (Å²) in [6.45, 7) is 1.94. The Kier molecular flexibility index (Phi) is 2.48. The van der Waals surface area contributed by atoms with Gasteiger partial charge in [-0.3, -0.25) is 4.79 Å². The first-order valence-corrected chi connectivity index (χ1v) is 5.08. The zero-order valence-electron chi connectivity index (χ0n) is 8.49. The van der Waals surface area contributed by atoms with Crippen LogP contribution in [0.1, 0.15) is 13.3 Å². The number of nitrogens with one attached hydrogen (secondary N) is 1. The van der Waals surface area contributed by atoms with Gasteiger partial charge in [-0.05, 0) is 18.0 Å². The van der Waals surface area contributed by atoms with Gasteiger partial charge in [0.05, 0.1) is 6.20 Å². The average molecular weight is 227 g/mol. The number of amides is 1. The van der Waals surface area contributed by atoms with Gasteiger partial charge in [0.15, 0.2) is 5.82 Å². The van der Waals surface area contributed by atoms with Gasteiger partial charge < -0.3 is 10.2 Å². The fourth-order valence-electron chi connectivity index (χ4n) is 1.56. The molecule has 0 bridgehead atoms. The topological polar surface area (TPSA) is 58.1 Å². The van der Waals surface area contributed by atoms with Crippen LogP contribution in [0.2, 0.25) is 5.28 Å². The van der Waals surface area contributed by atoms with Gasteiger partial charge in [-0.25, -0.2) is 4.98 Å². The van der Waals surface area contributed by atoms with Crippen LogP contribution >= 0.6 is 11.6 Å². The van der Waals surface area contributed by atoms with Crippen LogP contribution in [-0.4, -0.2) is 29.0 Å². The van der Waals surface area contributed by atoms with Gasteiger partial charge in [-0.2, -0.15) is 4.98 Å². The Balaban J connectivity index is 2.45. The van der Waals surface area contributed by atoms with Crippen molar-refractivity contribution in [3.63, 3.8) is 0 Å². The molecule has 0 saturated carbocycles. The molecule has 1 amide bonds. The monoisotopic (exact) mass is 226 g/mol. The first kappa shape index (κ1) is 10.2. The van der Waals surface area contributed by atoms with Gasteiger partial charge in [-0.15, -0.1) is 0 Å². The summed E-state index contributed by atoms with van der Waals surface area (Å²) < 4.78 is 0. The standard InChI is InChI=1S/C9H11ClN4O/c1-3-5-8(15)14(2)6-4-11-9(10)13-7(6)12-5/h4-5H,3H2,1-2H3,(H,11,12,13)/t5-/m1/s1. The van der Waals surface area contributed by atoms with Gasteiger partial charge in [0.2, 0.25) is 11.2 Å². The molecular formula is C9H11ClN4O. The number of rotatable bonds is 1. The maximum Gasteiger partial charge on any atom is 0.249 e. The zero-order valence-corrected chi connectivity index (χ0v) is 9.25. The first-order valence-electron chi connectivity index (χ1n) is 4.70. The predicted octanol–water partition coefficient (Wildman–Crippen LogP) is 1.30. The van der Waals surface area contributed by atoms with Crippen LogP contribution < -0.4 is 10.2 Å². The number of anilines is 2. The number of nitrogens with zero attached hydrogens (tertiary/aromatic N) is 3. The number of hydrogen-bond acceptors (Lipinski definition) is 4. The minimum absolute atomic E-state index is 0.0240. The lowest BCUT2D eigenvalue weighted by atomic mass is 10.1. The minimum Gasteiger partial charge on any atom is -0.356 e. The Hall–Kier alpha value is -1.36. The van der Waals surface area contributed by atoms with E-state index in [2.05, 4.69) is 15.3 Å². The molecule has 1 aliphatic rings. The molecule has 1 aliphatic heterocycles. The first-order chi connectivity index (χ1) is 7.13. The van der Waals surface area contributed by atoms with E-state index in [1.54, 1.807) is 18.1 Å². The lowest BCUT2D eigenvalue weighted by Crippen LogP contribution is -2.45. The highest BCUT2D eigenvalue weighted by atomic mass is 35.5. The van der Waals surface area contributed by atoms with E-state index in [4.69, 9.17) is 11.6 Å². The molecule has 1 aromatic rings. The van der Waals surface area contributed by atoms with Crippen molar-refractivity contribution in [2.45, 2.75) is 19.4 Å². The second kappa shape index (κ2) is 3.66. The third kappa shape index (κ3) is 1.63. The van der Waals surface area contributed by atoms with Gasteiger partial charge in [0.1, 0.15) is 11.7 Å². The molecule has 1 N–H and O–H groups in total. The van der Waals surface area contributed by atoms with Gasteiger partial charge >= 0.3 is 0 Å². The van der Waals surface area contributed by atoms with Crippen LogP contribution in [0.5, 0.6) is 0 Å². The summed E-state index contributed by atoms with van der Waals surface area (Å²) in [5.41, 5.74) is 0.661. The lowest BCUT2D eigenvalue weighted by Gasteiger charge is -2.31. The van der Waals surface area contributed by atoms with E-state index in [0.29, 0.717) is 17.9 Å². The molecule has 0 radical (unpaired) electrons. The molecule has 0 saturated heterocycles. The molecule has 6 heteroatoms. The Morgan fingerprint density at radius 2 is 2.40 bits per heavy atom. The van der Waals surface area contributed by atoms with E-state index >= 15 is 0 Å². The van der Waals surface area contributed by atoms with Crippen molar-refractivity contribution < 1.29 is 4.79 Å². The average Bonchev–Trinajstić information content (AvgIpc) is 2.23. The van der Waals surface area contributed by atoms with E-state index in [1.807, 2.05) is 6.92 Å². The van der Waals surface area contributed by atoms with E-state index in [9.17, 15) is 4.79 Å². The number of likely N-dealkylation sites (N-methyl/N-ethyl adjacent to an activating group) is 1. The number of carbonyl (C=O) groups excluding carboxylic acids is 1. The highest BCUT2D eigenvalue weighted by Gasteiger charge is 2.29. The summed E-state index contributed by atoms with van der Waals surface area (Å²) in [5.74, 6) is 0.639. The van der Waals surface area contributed by atoms with E-state index in [1.165, 1.54) is 0 Å². The van der Waals surface area contributed by atoms with E-state index in [0.717, 1.165) is 0 Å². The van der Waals surface area contributed by atoms with Crippen molar-refractivity contribution in [2.75, 3.05) is 17.3 Å². The molecule has 80 valence electrons. The molecule has 2 rings (SSSR count). The summed E-state index contributed by atoms with van der Waals surface area (Å²) in [6, 6.07) is -0.228. The van der Waals surface area contributed by atoms with Crippen molar-refractivity contribution in [3.8, 4) is 0 Å². The Morgan fingerprint density at radius 1 is 1.67 bits per heavy atom. The Labute approximate surface area is 92.5 Å². The number of halogens is 1. The molecule has 5 nitrogen and oxygen atoms in total. The summed E-state index contributed by atoms with van der Waals surface area (Å²) in [6.07, 6.45) is 2.26. The summed E-state index contributed by atoms with van der Waals surface area (Å²) in [5, 5.41) is 3.22. The largest absolute Gasteiger partial charge is 0.356 e. The smallest absolute Gasteiger partial charge is 0.249 e. The van der Waals surface area contributed by atoms with E-state index in [-0.39, 0.29) is 17.2 Å². The molecule has 0 aliphatic carbocycles.